The highest BCUT2D eigenvalue weighted by atomic mass is 16.2. The van der Waals surface area contributed by atoms with Crippen LogP contribution >= 0.6 is 0 Å². The van der Waals surface area contributed by atoms with E-state index < -0.39 is 0 Å². The first kappa shape index (κ1) is 18.9. The maximum atomic E-state index is 12.5. The number of hydrogen-bond acceptors (Lipinski definition) is 3. The predicted molar refractivity (Wildman–Crippen MR) is 102 cm³/mol. The zero-order chi connectivity index (χ0) is 18.5. The Balaban J connectivity index is 1.48. The lowest BCUT2D eigenvalue weighted by Gasteiger charge is -2.33. The Morgan fingerprint density at radius 1 is 1.12 bits per heavy atom. The normalized spacial score (nSPS) is 20.0. The van der Waals surface area contributed by atoms with Crippen LogP contribution in [0.4, 0.5) is 4.79 Å². The molecule has 0 bridgehead atoms. The Bertz CT molecular complexity index is 669. The van der Waals surface area contributed by atoms with Gasteiger partial charge >= 0.3 is 6.03 Å². The molecule has 0 unspecified atom stereocenters. The summed E-state index contributed by atoms with van der Waals surface area (Å²) in [6, 6.07) is 0.447. The molecule has 1 N–H and O–H groups in total. The first-order valence-electron chi connectivity index (χ1n) is 10.1. The molecule has 0 spiro atoms. The van der Waals surface area contributed by atoms with Gasteiger partial charge in [-0.1, -0.05) is 25.7 Å². The minimum Gasteiger partial charge on any atom is -0.335 e. The largest absolute Gasteiger partial charge is 0.335 e. The minimum atomic E-state index is 0.0611. The molecule has 2 aliphatic rings. The second-order valence-corrected chi connectivity index (χ2v) is 7.98. The summed E-state index contributed by atoms with van der Waals surface area (Å²) in [6.07, 6.45) is 10.8. The van der Waals surface area contributed by atoms with Crippen LogP contribution in [-0.4, -0.2) is 39.6 Å². The van der Waals surface area contributed by atoms with Gasteiger partial charge in [-0.05, 0) is 45.4 Å². The number of hydrogen-bond donors (Lipinski definition) is 1. The van der Waals surface area contributed by atoms with E-state index in [0.717, 1.165) is 50.0 Å². The number of carbonyl (C=O) groups excluding carboxylic acids is 1. The molecule has 1 saturated heterocycles. The summed E-state index contributed by atoms with van der Waals surface area (Å²) in [4.78, 5) is 31.1. The second-order valence-electron chi connectivity index (χ2n) is 7.98. The number of rotatable bonds is 3. The Labute approximate surface area is 156 Å². The van der Waals surface area contributed by atoms with E-state index in [1.807, 2.05) is 18.7 Å². The number of carbonyl (C=O) groups is 1. The maximum Gasteiger partial charge on any atom is 0.317 e. The molecule has 1 aromatic heterocycles. The number of likely N-dealkylation sites (tertiary alicyclic amines) is 1. The molecule has 144 valence electrons. The van der Waals surface area contributed by atoms with Crippen molar-refractivity contribution in [3.8, 4) is 0 Å². The van der Waals surface area contributed by atoms with Crippen LogP contribution in [0.25, 0.3) is 0 Å². The molecule has 26 heavy (non-hydrogen) atoms. The molecule has 3 rings (SSSR count). The van der Waals surface area contributed by atoms with Gasteiger partial charge in [0.15, 0.2) is 0 Å². The molecule has 0 radical (unpaired) electrons. The highest BCUT2D eigenvalue weighted by molar-refractivity contribution is 5.74. The number of urea groups is 1. The lowest BCUT2D eigenvalue weighted by atomic mass is 9.97. The Hall–Kier alpha value is -1.85. The van der Waals surface area contributed by atoms with Gasteiger partial charge in [0, 0.05) is 36.9 Å². The van der Waals surface area contributed by atoms with Gasteiger partial charge in [0.05, 0.1) is 6.33 Å². The van der Waals surface area contributed by atoms with Crippen molar-refractivity contribution in [2.45, 2.75) is 77.8 Å². The Morgan fingerprint density at radius 2 is 1.77 bits per heavy atom. The maximum absolute atomic E-state index is 12.5. The second kappa shape index (κ2) is 8.69. The van der Waals surface area contributed by atoms with Gasteiger partial charge in [-0.3, -0.25) is 9.36 Å². The zero-order valence-electron chi connectivity index (χ0n) is 16.2. The summed E-state index contributed by atoms with van der Waals surface area (Å²) >= 11 is 0. The van der Waals surface area contributed by atoms with E-state index in [-0.39, 0.29) is 11.6 Å². The number of aromatic nitrogens is 2. The molecule has 6 nitrogen and oxygen atoms in total. The predicted octanol–water partition coefficient (Wildman–Crippen LogP) is 3.00. The number of piperidine rings is 1. The van der Waals surface area contributed by atoms with Crippen LogP contribution in [0.1, 0.15) is 62.6 Å². The third kappa shape index (κ3) is 4.65. The van der Waals surface area contributed by atoms with Gasteiger partial charge in [-0.2, -0.15) is 0 Å². The molecule has 6 heteroatoms. The molecule has 1 aliphatic heterocycles. The number of nitrogens with one attached hydrogen (secondary N) is 1. The fourth-order valence-corrected chi connectivity index (χ4v) is 4.09. The van der Waals surface area contributed by atoms with Crippen molar-refractivity contribution in [2.75, 3.05) is 13.1 Å². The lowest BCUT2D eigenvalue weighted by Crippen LogP contribution is -2.48. The summed E-state index contributed by atoms with van der Waals surface area (Å²) in [7, 11) is 0. The third-order valence-electron chi connectivity index (χ3n) is 6.05. The summed E-state index contributed by atoms with van der Waals surface area (Å²) in [5.74, 6) is 0.429. The fourth-order valence-electron chi connectivity index (χ4n) is 4.09. The Kier molecular flexibility index (Phi) is 6.33. The van der Waals surface area contributed by atoms with Gasteiger partial charge < -0.3 is 10.2 Å². The van der Waals surface area contributed by atoms with Crippen molar-refractivity contribution >= 4 is 6.03 Å². The molecule has 2 amide bonds. The van der Waals surface area contributed by atoms with Crippen LogP contribution in [0.2, 0.25) is 0 Å². The van der Waals surface area contributed by atoms with Gasteiger partial charge in [-0.25, -0.2) is 9.78 Å². The standard InChI is InChI=1S/C20H32N4O2/c1-15-16(2)21-14-24(19(15)25)13-17-9-11-23(12-10-17)20(26)22-18-7-5-3-4-6-8-18/h14,17-18H,3-13H2,1-2H3,(H,22,26). The van der Waals surface area contributed by atoms with E-state index in [1.54, 1.807) is 10.9 Å². The topological polar surface area (TPSA) is 67.2 Å². The molecule has 2 fully saturated rings. The van der Waals surface area contributed by atoms with Crippen molar-refractivity contribution in [1.82, 2.24) is 19.8 Å². The molecule has 0 aromatic carbocycles. The monoisotopic (exact) mass is 360 g/mol. The first-order valence-corrected chi connectivity index (χ1v) is 10.1. The van der Waals surface area contributed by atoms with E-state index in [2.05, 4.69) is 10.3 Å². The van der Waals surface area contributed by atoms with Gasteiger partial charge in [0.2, 0.25) is 0 Å². The van der Waals surface area contributed by atoms with Crippen LogP contribution in [0.15, 0.2) is 11.1 Å². The van der Waals surface area contributed by atoms with Crippen LogP contribution in [-0.2, 0) is 6.54 Å². The van der Waals surface area contributed by atoms with E-state index in [4.69, 9.17) is 0 Å². The smallest absolute Gasteiger partial charge is 0.317 e. The van der Waals surface area contributed by atoms with Gasteiger partial charge in [-0.15, -0.1) is 0 Å². The van der Waals surface area contributed by atoms with Crippen molar-refractivity contribution in [1.29, 1.82) is 0 Å². The molecule has 1 aromatic rings. The van der Waals surface area contributed by atoms with Crippen LogP contribution in [0, 0.1) is 19.8 Å². The van der Waals surface area contributed by atoms with Gasteiger partial charge in [0.25, 0.3) is 5.56 Å². The summed E-state index contributed by atoms with van der Waals surface area (Å²) in [5.41, 5.74) is 1.59. The van der Waals surface area contributed by atoms with E-state index >= 15 is 0 Å². The number of nitrogens with zero attached hydrogens (tertiary/aromatic N) is 3. The SMILES string of the molecule is Cc1ncn(CC2CCN(C(=O)NC3CCCCCC3)CC2)c(=O)c1C. The molecule has 0 atom stereocenters. The van der Waals surface area contributed by atoms with Gasteiger partial charge in [0.1, 0.15) is 0 Å². The fraction of sp³-hybridized carbons (Fsp3) is 0.750. The molecular formula is C20H32N4O2. The van der Waals surface area contributed by atoms with E-state index in [9.17, 15) is 9.59 Å². The van der Waals surface area contributed by atoms with Crippen molar-refractivity contribution in [3.63, 3.8) is 0 Å². The summed E-state index contributed by atoms with van der Waals surface area (Å²) in [5, 5.41) is 3.24. The summed E-state index contributed by atoms with van der Waals surface area (Å²) < 4.78 is 1.73. The summed E-state index contributed by atoms with van der Waals surface area (Å²) in [6.45, 7) is 5.95. The van der Waals surface area contributed by atoms with Crippen LogP contribution < -0.4 is 10.9 Å². The number of amides is 2. The van der Waals surface area contributed by atoms with Crippen molar-refractivity contribution in [2.24, 2.45) is 5.92 Å². The molecule has 1 saturated carbocycles. The third-order valence-corrected chi connectivity index (χ3v) is 6.05. The molecule has 1 aliphatic carbocycles. The van der Waals surface area contributed by atoms with Crippen molar-refractivity contribution < 1.29 is 4.79 Å². The average molecular weight is 361 g/mol. The van der Waals surface area contributed by atoms with Crippen LogP contribution in [0.3, 0.4) is 0 Å². The highest BCUT2D eigenvalue weighted by Crippen LogP contribution is 2.20. The average Bonchev–Trinajstić information content (AvgIpc) is 2.91. The highest BCUT2D eigenvalue weighted by Gasteiger charge is 2.25. The molecule has 2 heterocycles. The first-order chi connectivity index (χ1) is 12.5. The minimum absolute atomic E-state index is 0.0611. The molecular weight excluding hydrogens is 328 g/mol. The number of aryl methyl sites for hydroxylation is 1. The Morgan fingerprint density at radius 3 is 2.42 bits per heavy atom. The zero-order valence-corrected chi connectivity index (χ0v) is 16.2. The van der Waals surface area contributed by atoms with Crippen molar-refractivity contribution in [3.05, 3.63) is 27.9 Å². The quantitative estimate of drug-likeness (QED) is 0.843. The van der Waals surface area contributed by atoms with Crippen LogP contribution in [0.5, 0.6) is 0 Å². The van der Waals surface area contributed by atoms with E-state index in [0.29, 0.717) is 18.5 Å². The lowest BCUT2D eigenvalue weighted by molar-refractivity contribution is 0.161. The van der Waals surface area contributed by atoms with E-state index in [1.165, 1.54) is 25.7 Å².